The summed E-state index contributed by atoms with van der Waals surface area (Å²) in [6.45, 7) is 6.70. The number of fused-ring (bicyclic) bond motifs is 3. The molecule has 0 spiro atoms. The Morgan fingerprint density at radius 1 is 1.10 bits per heavy atom. The molecule has 1 aliphatic rings. The minimum absolute atomic E-state index is 0.0805. The summed E-state index contributed by atoms with van der Waals surface area (Å²) in [4.78, 5) is 5.03. The van der Waals surface area contributed by atoms with Crippen molar-refractivity contribution in [3.8, 4) is 0 Å². The molecule has 1 heterocycles. The number of aromatic nitrogens is 1. The number of anilines is 1. The molecule has 3 rings (SSSR count). The van der Waals surface area contributed by atoms with Gasteiger partial charge in [-0.2, -0.15) is 0 Å². The van der Waals surface area contributed by atoms with Crippen LogP contribution in [0.15, 0.2) is 18.2 Å². The van der Waals surface area contributed by atoms with Gasteiger partial charge in [0.1, 0.15) is 0 Å². The number of hydrogen-bond donors (Lipinski definition) is 1. The van der Waals surface area contributed by atoms with Crippen LogP contribution in [-0.2, 0) is 18.3 Å². The smallest absolute Gasteiger partial charge is 0.0761 e. The van der Waals surface area contributed by atoms with Crippen molar-refractivity contribution in [1.82, 2.24) is 4.98 Å². The first-order valence-corrected chi connectivity index (χ1v) is 7.64. The highest BCUT2D eigenvalue weighted by molar-refractivity contribution is 5.94. The normalized spacial score (nSPS) is 15.2. The van der Waals surface area contributed by atoms with Crippen LogP contribution in [-0.4, -0.2) is 12.0 Å². The zero-order valence-corrected chi connectivity index (χ0v) is 13.0. The molecule has 0 aliphatic heterocycles. The van der Waals surface area contributed by atoms with Crippen LogP contribution in [0.5, 0.6) is 0 Å². The molecule has 1 N–H and O–H groups in total. The molecule has 0 saturated heterocycles. The third-order valence-electron chi connectivity index (χ3n) is 4.34. The molecule has 2 heteroatoms. The Labute approximate surface area is 121 Å². The monoisotopic (exact) mass is 268 g/mol. The molecule has 0 radical (unpaired) electrons. The predicted octanol–water partition coefficient (Wildman–Crippen LogP) is 4.45. The molecular formula is C18H24N2. The quantitative estimate of drug-likeness (QED) is 0.826. The number of nitrogens with zero attached hydrogens (tertiary/aromatic N) is 1. The van der Waals surface area contributed by atoms with Gasteiger partial charge in [-0.3, -0.25) is 4.98 Å². The van der Waals surface area contributed by atoms with Crippen molar-refractivity contribution in [2.24, 2.45) is 0 Å². The Kier molecular flexibility index (Phi) is 3.19. The van der Waals surface area contributed by atoms with Gasteiger partial charge in [-0.1, -0.05) is 32.9 Å². The fraction of sp³-hybridized carbons (Fsp3) is 0.500. The molecule has 2 aromatic rings. The maximum absolute atomic E-state index is 5.03. The van der Waals surface area contributed by atoms with Crippen LogP contribution in [0.2, 0.25) is 0 Å². The van der Waals surface area contributed by atoms with E-state index in [1.807, 2.05) is 7.05 Å². The van der Waals surface area contributed by atoms with Gasteiger partial charge in [0.25, 0.3) is 0 Å². The number of rotatable bonds is 1. The van der Waals surface area contributed by atoms with E-state index in [0.717, 1.165) is 0 Å². The van der Waals surface area contributed by atoms with E-state index in [1.165, 1.54) is 59.1 Å². The zero-order chi connectivity index (χ0) is 14.3. The van der Waals surface area contributed by atoms with Crippen molar-refractivity contribution in [3.05, 3.63) is 35.0 Å². The molecule has 0 amide bonds. The number of benzene rings is 1. The lowest BCUT2D eigenvalue weighted by Gasteiger charge is -2.23. The third-order valence-corrected chi connectivity index (χ3v) is 4.34. The molecule has 1 aliphatic carbocycles. The standard InChI is InChI=1S/C18H24N2/c1-18(2,3)16-11-15(19-4)14-10-9-12-7-5-6-8-13(12)17(14)20-16/h9-11H,5-8H2,1-4H3,(H,19,20). The van der Waals surface area contributed by atoms with Gasteiger partial charge in [-0.15, -0.1) is 0 Å². The van der Waals surface area contributed by atoms with Gasteiger partial charge in [0.15, 0.2) is 0 Å². The second kappa shape index (κ2) is 4.76. The van der Waals surface area contributed by atoms with Crippen molar-refractivity contribution in [3.63, 3.8) is 0 Å². The Morgan fingerprint density at radius 2 is 1.85 bits per heavy atom. The van der Waals surface area contributed by atoms with Crippen molar-refractivity contribution in [2.45, 2.75) is 51.9 Å². The van der Waals surface area contributed by atoms with Gasteiger partial charge in [0, 0.05) is 29.2 Å². The lowest BCUT2D eigenvalue weighted by Crippen LogP contribution is -2.15. The first kappa shape index (κ1) is 13.4. The van der Waals surface area contributed by atoms with Crippen molar-refractivity contribution >= 4 is 16.6 Å². The molecule has 0 fully saturated rings. The van der Waals surface area contributed by atoms with Gasteiger partial charge < -0.3 is 5.32 Å². The number of nitrogens with one attached hydrogen (secondary N) is 1. The molecule has 1 aromatic carbocycles. The molecular weight excluding hydrogens is 244 g/mol. The van der Waals surface area contributed by atoms with Crippen LogP contribution in [0.1, 0.15) is 50.4 Å². The predicted molar refractivity (Wildman–Crippen MR) is 86.6 cm³/mol. The third kappa shape index (κ3) is 2.17. The minimum atomic E-state index is 0.0805. The van der Waals surface area contributed by atoms with E-state index in [1.54, 1.807) is 0 Å². The molecule has 0 saturated carbocycles. The fourth-order valence-electron chi connectivity index (χ4n) is 3.11. The van der Waals surface area contributed by atoms with Gasteiger partial charge in [-0.25, -0.2) is 0 Å². The van der Waals surface area contributed by atoms with Crippen LogP contribution in [0.3, 0.4) is 0 Å². The maximum Gasteiger partial charge on any atom is 0.0761 e. The van der Waals surface area contributed by atoms with E-state index in [9.17, 15) is 0 Å². The van der Waals surface area contributed by atoms with Crippen LogP contribution in [0, 0.1) is 0 Å². The summed E-state index contributed by atoms with van der Waals surface area (Å²) < 4.78 is 0. The van der Waals surface area contributed by atoms with Gasteiger partial charge >= 0.3 is 0 Å². The molecule has 1 aromatic heterocycles. The fourth-order valence-corrected chi connectivity index (χ4v) is 3.11. The number of aryl methyl sites for hydroxylation is 2. The first-order chi connectivity index (χ1) is 9.50. The highest BCUT2D eigenvalue weighted by Gasteiger charge is 2.20. The SMILES string of the molecule is CNc1cc(C(C)(C)C)nc2c3c(ccc12)CCCC3. The Hall–Kier alpha value is -1.57. The molecule has 0 atom stereocenters. The second-order valence-corrected chi connectivity index (χ2v) is 6.86. The van der Waals surface area contributed by atoms with E-state index in [2.05, 4.69) is 44.3 Å². The summed E-state index contributed by atoms with van der Waals surface area (Å²) >= 11 is 0. The Bertz CT molecular complexity index is 650. The number of hydrogen-bond acceptors (Lipinski definition) is 2. The largest absolute Gasteiger partial charge is 0.388 e. The van der Waals surface area contributed by atoms with Crippen LogP contribution < -0.4 is 5.32 Å². The topological polar surface area (TPSA) is 24.9 Å². The van der Waals surface area contributed by atoms with E-state index in [-0.39, 0.29) is 5.41 Å². The molecule has 0 unspecified atom stereocenters. The van der Waals surface area contributed by atoms with Gasteiger partial charge in [0.05, 0.1) is 5.52 Å². The minimum Gasteiger partial charge on any atom is -0.388 e. The zero-order valence-electron chi connectivity index (χ0n) is 13.0. The molecule has 0 bridgehead atoms. The van der Waals surface area contributed by atoms with E-state index in [0.29, 0.717) is 0 Å². The molecule has 2 nitrogen and oxygen atoms in total. The highest BCUT2D eigenvalue weighted by Crippen LogP contribution is 2.34. The summed E-state index contributed by atoms with van der Waals surface area (Å²) in [5.74, 6) is 0. The van der Waals surface area contributed by atoms with Crippen LogP contribution >= 0.6 is 0 Å². The Balaban J connectivity index is 2.32. The first-order valence-electron chi connectivity index (χ1n) is 7.64. The molecule has 20 heavy (non-hydrogen) atoms. The summed E-state index contributed by atoms with van der Waals surface area (Å²) in [5.41, 5.74) is 6.67. The molecule has 106 valence electrons. The summed E-state index contributed by atoms with van der Waals surface area (Å²) in [6, 6.07) is 6.75. The Morgan fingerprint density at radius 3 is 2.55 bits per heavy atom. The van der Waals surface area contributed by atoms with E-state index >= 15 is 0 Å². The van der Waals surface area contributed by atoms with Crippen molar-refractivity contribution in [1.29, 1.82) is 0 Å². The van der Waals surface area contributed by atoms with Gasteiger partial charge in [-0.05, 0) is 42.9 Å². The summed E-state index contributed by atoms with van der Waals surface area (Å²) in [7, 11) is 2.00. The lowest BCUT2D eigenvalue weighted by atomic mass is 9.87. The average Bonchev–Trinajstić information content (AvgIpc) is 2.44. The van der Waals surface area contributed by atoms with Crippen LogP contribution in [0.25, 0.3) is 10.9 Å². The van der Waals surface area contributed by atoms with Crippen molar-refractivity contribution in [2.75, 3.05) is 12.4 Å². The van der Waals surface area contributed by atoms with Gasteiger partial charge in [0.2, 0.25) is 0 Å². The summed E-state index contributed by atoms with van der Waals surface area (Å²) in [5, 5.41) is 4.61. The number of pyridine rings is 1. The maximum atomic E-state index is 5.03. The summed E-state index contributed by atoms with van der Waals surface area (Å²) in [6.07, 6.45) is 5.00. The van der Waals surface area contributed by atoms with E-state index in [4.69, 9.17) is 4.98 Å². The van der Waals surface area contributed by atoms with Crippen LogP contribution in [0.4, 0.5) is 5.69 Å². The van der Waals surface area contributed by atoms with E-state index < -0.39 is 0 Å². The van der Waals surface area contributed by atoms with Crippen molar-refractivity contribution < 1.29 is 0 Å². The lowest BCUT2D eigenvalue weighted by molar-refractivity contribution is 0.571. The second-order valence-electron chi connectivity index (χ2n) is 6.86. The highest BCUT2D eigenvalue weighted by atomic mass is 14.8. The average molecular weight is 268 g/mol.